The molecule has 0 aliphatic carbocycles. The highest BCUT2D eigenvalue weighted by Gasteiger charge is 2.24. The molecule has 0 bridgehead atoms. The molecule has 1 aromatic carbocycles. The van der Waals surface area contributed by atoms with Crippen LogP contribution < -0.4 is 5.32 Å². The van der Waals surface area contributed by atoms with Crippen molar-refractivity contribution in [3.8, 4) is 0 Å². The summed E-state index contributed by atoms with van der Waals surface area (Å²) in [7, 11) is 0. The standard InChI is InChI=1S/C12H16BrClFN/c1-8-4-10(14)9(5-11(8)15)12(2,3)6-16-7-13/h4-5,16H,6-7H2,1-3H3. The van der Waals surface area contributed by atoms with E-state index in [4.69, 9.17) is 11.6 Å². The van der Waals surface area contributed by atoms with Crippen LogP contribution >= 0.6 is 27.5 Å². The first-order valence-corrected chi connectivity index (χ1v) is 6.61. The van der Waals surface area contributed by atoms with E-state index < -0.39 is 0 Å². The van der Waals surface area contributed by atoms with Crippen molar-refractivity contribution in [3.05, 3.63) is 34.1 Å². The smallest absolute Gasteiger partial charge is 0.126 e. The fourth-order valence-corrected chi connectivity index (χ4v) is 2.29. The van der Waals surface area contributed by atoms with E-state index in [1.807, 2.05) is 13.8 Å². The molecule has 0 heterocycles. The highest BCUT2D eigenvalue weighted by molar-refractivity contribution is 9.09. The fraction of sp³-hybridized carbons (Fsp3) is 0.500. The van der Waals surface area contributed by atoms with Crippen LogP contribution in [0.25, 0.3) is 0 Å². The van der Waals surface area contributed by atoms with Crippen LogP contribution in [0.3, 0.4) is 0 Å². The average Bonchev–Trinajstić information content (AvgIpc) is 2.20. The van der Waals surface area contributed by atoms with Gasteiger partial charge in [-0.25, -0.2) is 4.39 Å². The Hall–Kier alpha value is -0.120. The molecule has 0 radical (unpaired) electrons. The number of hydrogen-bond acceptors (Lipinski definition) is 1. The van der Waals surface area contributed by atoms with Gasteiger partial charge >= 0.3 is 0 Å². The molecule has 0 fully saturated rings. The Morgan fingerprint density at radius 2 is 2.06 bits per heavy atom. The summed E-state index contributed by atoms with van der Waals surface area (Å²) in [5.41, 5.74) is 1.94. The van der Waals surface area contributed by atoms with Crippen molar-refractivity contribution in [2.75, 3.05) is 12.0 Å². The Kier molecular flexibility index (Phi) is 4.77. The minimum atomic E-state index is -0.202. The summed E-state index contributed by atoms with van der Waals surface area (Å²) in [6.07, 6.45) is 0. The first-order chi connectivity index (χ1) is 7.38. The van der Waals surface area contributed by atoms with Gasteiger partial charge in [-0.1, -0.05) is 41.4 Å². The molecule has 1 nitrogen and oxygen atoms in total. The molecule has 4 heteroatoms. The van der Waals surface area contributed by atoms with E-state index in [1.54, 1.807) is 13.0 Å². The Morgan fingerprint density at radius 3 is 2.62 bits per heavy atom. The van der Waals surface area contributed by atoms with Crippen LogP contribution in [0.5, 0.6) is 0 Å². The maximum Gasteiger partial charge on any atom is 0.126 e. The molecule has 1 aromatic rings. The van der Waals surface area contributed by atoms with Gasteiger partial charge in [-0.2, -0.15) is 0 Å². The molecule has 0 amide bonds. The topological polar surface area (TPSA) is 12.0 Å². The summed E-state index contributed by atoms with van der Waals surface area (Å²) in [5, 5.41) is 3.81. The lowest BCUT2D eigenvalue weighted by atomic mass is 9.84. The van der Waals surface area contributed by atoms with Crippen LogP contribution in [0, 0.1) is 12.7 Å². The molecular formula is C12H16BrClFN. The molecular weight excluding hydrogens is 292 g/mol. The predicted molar refractivity (Wildman–Crippen MR) is 71.0 cm³/mol. The van der Waals surface area contributed by atoms with Crippen molar-refractivity contribution >= 4 is 27.5 Å². The second-order valence-electron chi connectivity index (χ2n) is 4.53. The first kappa shape index (κ1) is 13.9. The molecule has 0 aliphatic heterocycles. The number of benzene rings is 1. The average molecular weight is 309 g/mol. The number of halogens is 3. The summed E-state index contributed by atoms with van der Waals surface area (Å²) in [4.78, 5) is 0. The summed E-state index contributed by atoms with van der Waals surface area (Å²) in [6.45, 7) is 6.53. The van der Waals surface area contributed by atoms with Crippen molar-refractivity contribution in [3.63, 3.8) is 0 Å². The second kappa shape index (κ2) is 5.48. The Bertz CT molecular complexity index is 380. The van der Waals surface area contributed by atoms with Crippen LogP contribution in [0.15, 0.2) is 12.1 Å². The molecule has 0 atom stereocenters. The highest BCUT2D eigenvalue weighted by Crippen LogP contribution is 2.31. The van der Waals surface area contributed by atoms with Gasteiger partial charge in [0.15, 0.2) is 0 Å². The van der Waals surface area contributed by atoms with Gasteiger partial charge in [0, 0.05) is 17.0 Å². The fourth-order valence-electron chi connectivity index (χ4n) is 1.62. The summed E-state index contributed by atoms with van der Waals surface area (Å²) < 4.78 is 13.5. The van der Waals surface area contributed by atoms with Gasteiger partial charge in [0.05, 0.1) is 5.45 Å². The molecule has 0 aliphatic rings. The van der Waals surface area contributed by atoms with E-state index in [9.17, 15) is 4.39 Å². The van der Waals surface area contributed by atoms with E-state index in [1.165, 1.54) is 6.07 Å². The third-order valence-electron chi connectivity index (χ3n) is 2.64. The van der Waals surface area contributed by atoms with Crippen LogP contribution in [-0.4, -0.2) is 12.0 Å². The first-order valence-electron chi connectivity index (χ1n) is 5.11. The van der Waals surface area contributed by atoms with Crippen molar-refractivity contribution in [1.82, 2.24) is 5.32 Å². The molecule has 0 aromatic heterocycles. The van der Waals surface area contributed by atoms with Gasteiger partial charge in [-0.15, -0.1) is 0 Å². The van der Waals surface area contributed by atoms with Gasteiger partial charge in [0.2, 0.25) is 0 Å². The second-order valence-corrected chi connectivity index (χ2v) is 5.49. The van der Waals surface area contributed by atoms with Crippen molar-refractivity contribution in [2.45, 2.75) is 26.2 Å². The van der Waals surface area contributed by atoms with Gasteiger partial charge < -0.3 is 5.32 Å². The van der Waals surface area contributed by atoms with Crippen LogP contribution in [0.1, 0.15) is 25.0 Å². The lowest BCUT2D eigenvalue weighted by Crippen LogP contribution is -2.32. The summed E-state index contributed by atoms with van der Waals surface area (Å²) in [6, 6.07) is 3.22. The zero-order valence-electron chi connectivity index (χ0n) is 9.70. The zero-order valence-corrected chi connectivity index (χ0v) is 12.0. The quantitative estimate of drug-likeness (QED) is 0.655. The lowest BCUT2D eigenvalue weighted by Gasteiger charge is -2.26. The third kappa shape index (κ3) is 3.19. The number of alkyl halides is 1. The third-order valence-corrected chi connectivity index (χ3v) is 3.35. The van der Waals surface area contributed by atoms with E-state index >= 15 is 0 Å². The molecule has 0 saturated carbocycles. The van der Waals surface area contributed by atoms with Crippen LogP contribution in [0.4, 0.5) is 4.39 Å². The monoisotopic (exact) mass is 307 g/mol. The molecule has 16 heavy (non-hydrogen) atoms. The molecule has 1 N–H and O–H groups in total. The van der Waals surface area contributed by atoms with E-state index in [2.05, 4.69) is 21.2 Å². The van der Waals surface area contributed by atoms with Gasteiger partial charge in [0.25, 0.3) is 0 Å². The SMILES string of the molecule is Cc1cc(Cl)c(C(C)(C)CNCBr)cc1F. The molecule has 0 spiro atoms. The van der Waals surface area contributed by atoms with Crippen molar-refractivity contribution < 1.29 is 4.39 Å². The maximum absolute atomic E-state index is 13.5. The molecule has 90 valence electrons. The van der Waals surface area contributed by atoms with Gasteiger partial charge in [-0.05, 0) is 30.2 Å². The number of hydrogen-bond donors (Lipinski definition) is 1. The molecule has 1 rings (SSSR count). The highest BCUT2D eigenvalue weighted by atomic mass is 79.9. The van der Waals surface area contributed by atoms with Crippen LogP contribution in [0.2, 0.25) is 5.02 Å². The van der Waals surface area contributed by atoms with E-state index in [0.29, 0.717) is 16.0 Å². The van der Waals surface area contributed by atoms with Gasteiger partial charge in [-0.3, -0.25) is 0 Å². The number of nitrogens with one attached hydrogen (secondary N) is 1. The van der Waals surface area contributed by atoms with Crippen molar-refractivity contribution in [1.29, 1.82) is 0 Å². The molecule has 0 saturated heterocycles. The number of rotatable bonds is 4. The zero-order chi connectivity index (χ0) is 12.3. The van der Waals surface area contributed by atoms with E-state index in [-0.39, 0.29) is 11.2 Å². The van der Waals surface area contributed by atoms with Gasteiger partial charge in [0.1, 0.15) is 5.82 Å². The summed E-state index contributed by atoms with van der Waals surface area (Å²) in [5.74, 6) is -0.202. The maximum atomic E-state index is 13.5. The lowest BCUT2D eigenvalue weighted by molar-refractivity contribution is 0.486. The molecule has 0 unspecified atom stereocenters. The Balaban J connectivity index is 3.07. The van der Waals surface area contributed by atoms with Crippen LogP contribution in [-0.2, 0) is 5.41 Å². The number of aryl methyl sites for hydroxylation is 1. The Labute approximate surface area is 110 Å². The predicted octanol–water partition coefficient (Wildman–Crippen LogP) is 4.01. The summed E-state index contributed by atoms with van der Waals surface area (Å²) >= 11 is 9.46. The van der Waals surface area contributed by atoms with Crippen molar-refractivity contribution in [2.24, 2.45) is 0 Å². The largest absolute Gasteiger partial charge is 0.306 e. The Morgan fingerprint density at radius 1 is 1.44 bits per heavy atom. The minimum absolute atomic E-state index is 0.195. The van der Waals surface area contributed by atoms with E-state index in [0.717, 1.165) is 12.1 Å². The normalized spacial score (nSPS) is 11.9. The minimum Gasteiger partial charge on any atom is -0.306 e.